The molecule has 1 aromatic heterocycles. The van der Waals surface area contributed by atoms with E-state index in [0.717, 1.165) is 38.6 Å². The van der Waals surface area contributed by atoms with E-state index < -0.39 is 0 Å². The Morgan fingerprint density at radius 2 is 2.36 bits per heavy atom. The van der Waals surface area contributed by atoms with Gasteiger partial charge in [0.2, 0.25) is 0 Å². The van der Waals surface area contributed by atoms with E-state index in [9.17, 15) is 0 Å². The van der Waals surface area contributed by atoms with E-state index in [4.69, 9.17) is 4.74 Å². The van der Waals surface area contributed by atoms with Gasteiger partial charge in [-0.1, -0.05) is 0 Å². The van der Waals surface area contributed by atoms with Crippen LogP contribution in [0.5, 0.6) is 0 Å². The van der Waals surface area contributed by atoms with Gasteiger partial charge in [0.15, 0.2) is 5.96 Å². The number of hydrogen-bond donors (Lipinski definition) is 1. The highest BCUT2D eigenvalue weighted by Crippen LogP contribution is 2.16. The van der Waals surface area contributed by atoms with Crippen LogP contribution in [0.4, 0.5) is 0 Å². The number of hydrogen-bond acceptors (Lipinski definition) is 3. The second-order valence-corrected chi connectivity index (χ2v) is 5.58. The third-order valence-electron chi connectivity index (χ3n) is 4.01. The molecule has 1 fully saturated rings. The molecular formula is C16H27IN4O. The maximum Gasteiger partial charge on any atom is 0.193 e. The maximum atomic E-state index is 5.25. The minimum atomic E-state index is 0. The number of rotatable bonds is 5. The van der Waals surface area contributed by atoms with Crippen molar-refractivity contribution in [1.29, 1.82) is 0 Å². The Morgan fingerprint density at radius 1 is 1.55 bits per heavy atom. The van der Waals surface area contributed by atoms with E-state index in [-0.39, 0.29) is 24.0 Å². The van der Waals surface area contributed by atoms with Gasteiger partial charge in [-0.2, -0.15) is 0 Å². The normalized spacial score (nSPS) is 18.2. The molecule has 1 N–H and O–H groups in total. The third-order valence-corrected chi connectivity index (χ3v) is 4.01. The molecule has 0 spiro atoms. The standard InChI is InChI=1S/C16H26N4O.HI/c1-13-10-18-7-4-15(13)5-8-19-16(17-2)20-9-6-14(11-20)12-21-3;/h4,7,10,14H,5-6,8-9,11-12H2,1-3H3,(H,17,19);1H. The average Bonchev–Trinajstić information content (AvgIpc) is 2.94. The van der Waals surface area contributed by atoms with E-state index in [1.54, 1.807) is 7.11 Å². The van der Waals surface area contributed by atoms with Gasteiger partial charge in [-0.25, -0.2) is 0 Å². The number of aryl methyl sites for hydroxylation is 1. The van der Waals surface area contributed by atoms with E-state index in [1.165, 1.54) is 17.5 Å². The Kier molecular flexibility index (Phi) is 8.70. The minimum absolute atomic E-state index is 0. The molecule has 1 aliphatic rings. The summed E-state index contributed by atoms with van der Waals surface area (Å²) in [5.41, 5.74) is 2.59. The van der Waals surface area contributed by atoms with Gasteiger partial charge in [-0.05, 0) is 37.0 Å². The Hall–Kier alpha value is -0.890. The van der Waals surface area contributed by atoms with E-state index in [0.29, 0.717) is 5.92 Å². The predicted octanol–water partition coefficient (Wildman–Crippen LogP) is 2.09. The van der Waals surface area contributed by atoms with Gasteiger partial charge in [0.1, 0.15) is 0 Å². The third kappa shape index (κ3) is 5.39. The molecule has 1 unspecified atom stereocenters. The Balaban J connectivity index is 0.00000242. The molecule has 0 saturated carbocycles. The molecule has 1 aliphatic heterocycles. The summed E-state index contributed by atoms with van der Waals surface area (Å²) >= 11 is 0. The number of nitrogens with zero attached hydrogens (tertiary/aromatic N) is 3. The molecule has 22 heavy (non-hydrogen) atoms. The van der Waals surface area contributed by atoms with E-state index in [1.807, 2.05) is 19.4 Å². The lowest BCUT2D eigenvalue weighted by molar-refractivity contribution is 0.157. The van der Waals surface area contributed by atoms with Crippen LogP contribution in [-0.2, 0) is 11.2 Å². The first-order valence-corrected chi connectivity index (χ1v) is 7.58. The van der Waals surface area contributed by atoms with Crippen LogP contribution in [0, 0.1) is 12.8 Å². The Bertz CT molecular complexity index is 481. The van der Waals surface area contributed by atoms with Gasteiger partial charge < -0.3 is 15.0 Å². The van der Waals surface area contributed by atoms with Crippen LogP contribution in [-0.4, -0.2) is 56.2 Å². The first-order valence-electron chi connectivity index (χ1n) is 7.58. The van der Waals surface area contributed by atoms with Crippen molar-refractivity contribution in [3.8, 4) is 0 Å². The summed E-state index contributed by atoms with van der Waals surface area (Å²) in [6.45, 7) is 5.92. The smallest absolute Gasteiger partial charge is 0.193 e. The molecule has 2 rings (SSSR count). The lowest BCUT2D eigenvalue weighted by atomic mass is 10.1. The number of ether oxygens (including phenoxy) is 1. The summed E-state index contributed by atoms with van der Waals surface area (Å²) in [7, 11) is 3.62. The number of likely N-dealkylation sites (tertiary alicyclic amines) is 1. The summed E-state index contributed by atoms with van der Waals surface area (Å²) in [6, 6.07) is 2.09. The zero-order valence-electron chi connectivity index (χ0n) is 13.7. The highest BCUT2D eigenvalue weighted by atomic mass is 127. The monoisotopic (exact) mass is 418 g/mol. The van der Waals surface area contributed by atoms with E-state index >= 15 is 0 Å². The van der Waals surface area contributed by atoms with Crippen molar-refractivity contribution in [2.45, 2.75) is 19.8 Å². The molecule has 1 atom stereocenters. The number of aromatic nitrogens is 1. The van der Waals surface area contributed by atoms with Crippen molar-refractivity contribution in [3.63, 3.8) is 0 Å². The first-order chi connectivity index (χ1) is 10.2. The number of pyridine rings is 1. The lowest BCUT2D eigenvalue weighted by Crippen LogP contribution is -2.41. The van der Waals surface area contributed by atoms with Crippen LogP contribution in [0.3, 0.4) is 0 Å². The number of aliphatic imine (C=N–C) groups is 1. The van der Waals surface area contributed by atoms with Crippen molar-refractivity contribution in [2.24, 2.45) is 10.9 Å². The molecule has 0 radical (unpaired) electrons. The molecule has 124 valence electrons. The summed E-state index contributed by atoms with van der Waals surface area (Å²) < 4.78 is 5.25. The van der Waals surface area contributed by atoms with Crippen molar-refractivity contribution in [3.05, 3.63) is 29.6 Å². The summed E-state index contributed by atoms with van der Waals surface area (Å²) in [6.07, 6.45) is 5.94. The van der Waals surface area contributed by atoms with Crippen LogP contribution in [0.1, 0.15) is 17.5 Å². The number of nitrogens with one attached hydrogen (secondary N) is 1. The number of guanidine groups is 1. The molecule has 6 heteroatoms. The zero-order chi connectivity index (χ0) is 15.1. The quantitative estimate of drug-likeness (QED) is 0.452. The van der Waals surface area contributed by atoms with Gasteiger partial charge in [0.05, 0.1) is 6.61 Å². The molecule has 0 amide bonds. The van der Waals surface area contributed by atoms with Gasteiger partial charge >= 0.3 is 0 Å². The second-order valence-electron chi connectivity index (χ2n) is 5.58. The molecule has 2 heterocycles. The fourth-order valence-corrected chi connectivity index (χ4v) is 2.82. The number of halogens is 1. The van der Waals surface area contributed by atoms with Gasteiger partial charge in [-0.3, -0.25) is 9.98 Å². The largest absolute Gasteiger partial charge is 0.384 e. The first kappa shape index (κ1) is 19.2. The Labute approximate surface area is 150 Å². The van der Waals surface area contributed by atoms with Crippen LogP contribution in [0.2, 0.25) is 0 Å². The second kappa shape index (κ2) is 9.99. The van der Waals surface area contributed by atoms with Crippen LogP contribution in [0.15, 0.2) is 23.5 Å². The van der Waals surface area contributed by atoms with Crippen LogP contribution < -0.4 is 5.32 Å². The summed E-state index contributed by atoms with van der Waals surface area (Å²) in [5.74, 6) is 1.62. The topological polar surface area (TPSA) is 49.8 Å². The van der Waals surface area contributed by atoms with Crippen LogP contribution >= 0.6 is 24.0 Å². The van der Waals surface area contributed by atoms with Crippen molar-refractivity contribution in [1.82, 2.24) is 15.2 Å². The SMILES string of the molecule is CN=C(NCCc1ccncc1C)N1CCC(COC)C1.I. The highest BCUT2D eigenvalue weighted by Gasteiger charge is 2.24. The van der Waals surface area contributed by atoms with Gasteiger partial charge in [0.25, 0.3) is 0 Å². The molecule has 0 aromatic carbocycles. The molecule has 5 nitrogen and oxygen atoms in total. The molecule has 1 saturated heterocycles. The average molecular weight is 418 g/mol. The van der Waals surface area contributed by atoms with Gasteiger partial charge in [0, 0.05) is 52.1 Å². The summed E-state index contributed by atoms with van der Waals surface area (Å²) in [5, 5.41) is 3.46. The van der Waals surface area contributed by atoms with Crippen molar-refractivity contribution in [2.75, 3.05) is 40.4 Å². The molecular weight excluding hydrogens is 391 g/mol. The minimum Gasteiger partial charge on any atom is -0.384 e. The van der Waals surface area contributed by atoms with E-state index in [2.05, 4.69) is 33.2 Å². The van der Waals surface area contributed by atoms with Crippen LogP contribution in [0.25, 0.3) is 0 Å². The van der Waals surface area contributed by atoms with Crippen molar-refractivity contribution < 1.29 is 4.74 Å². The fourth-order valence-electron chi connectivity index (χ4n) is 2.82. The lowest BCUT2D eigenvalue weighted by Gasteiger charge is -2.21. The maximum absolute atomic E-state index is 5.25. The Morgan fingerprint density at radius 3 is 3.05 bits per heavy atom. The predicted molar refractivity (Wildman–Crippen MR) is 101 cm³/mol. The zero-order valence-corrected chi connectivity index (χ0v) is 16.0. The number of methoxy groups -OCH3 is 1. The molecule has 0 aliphatic carbocycles. The molecule has 1 aromatic rings. The molecule has 0 bridgehead atoms. The highest BCUT2D eigenvalue weighted by molar-refractivity contribution is 14.0. The van der Waals surface area contributed by atoms with Crippen molar-refractivity contribution >= 4 is 29.9 Å². The fraction of sp³-hybridized carbons (Fsp3) is 0.625. The summed E-state index contributed by atoms with van der Waals surface area (Å²) in [4.78, 5) is 10.8. The van der Waals surface area contributed by atoms with Gasteiger partial charge in [-0.15, -0.1) is 24.0 Å².